The zero-order valence-electron chi connectivity index (χ0n) is 13.5. The number of halogens is 1. The van der Waals surface area contributed by atoms with Crippen molar-refractivity contribution in [3.05, 3.63) is 47.4 Å². The van der Waals surface area contributed by atoms with Gasteiger partial charge >= 0.3 is 6.03 Å². The van der Waals surface area contributed by atoms with Crippen molar-refractivity contribution in [1.29, 1.82) is 0 Å². The fourth-order valence-electron chi connectivity index (χ4n) is 2.73. The van der Waals surface area contributed by atoms with Gasteiger partial charge in [-0.3, -0.25) is 0 Å². The molecule has 24 heavy (non-hydrogen) atoms. The molecule has 3 rings (SSSR count). The Morgan fingerprint density at radius 3 is 2.75 bits per heavy atom. The average Bonchev–Trinajstić information content (AvgIpc) is 2.57. The number of aromatic nitrogens is 2. The van der Waals surface area contributed by atoms with Crippen molar-refractivity contribution in [3.8, 4) is 0 Å². The molecular weight excluding hydrogens is 326 g/mol. The molecule has 0 saturated carbocycles. The molecule has 1 aliphatic rings. The van der Waals surface area contributed by atoms with Crippen LogP contribution in [0.15, 0.2) is 36.5 Å². The lowest BCUT2D eigenvalue weighted by atomic mass is 10.1. The summed E-state index contributed by atoms with van der Waals surface area (Å²) in [5.74, 6) is 0.889. The summed E-state index contributed by atoms with van der Waals surface area (Å²) in [6.45, 7) is 3.35. The lowest BCUT2D eigenvalue weighted by Crippen LogP contribution is -2.44. The van der Waals surface area contributed by atoms with Crippen LogP contribution in [0.4, 0.5) is 16.3 Å². The number of amides is 2. The Bertz CT molecular complexity index is 716. The van der Waals surface area contributed by atoms with Crippen LogP contribution in [0.5, 0.6) is 0 Å². The Labute approximate surface area is 146 Å². The predicted octanol–water partition coefficient (Wildman–Crippen LogP) is 3.55. The minimum absolute atomic E-state index is 0.142. The number of hydrogen-bond acceptors (Lipinski definition) is 4. The minimum Gasteiger partial charge on any atom is -0.367 e. The number of hydrogen-bond donors (Lipinski definition) is 2. The van der Waals surface area contributed by atoms with Crippen LogP contribution in [-0.2, 0) is 0 Å². The van der Waals surface area contributed by atoms with Gasteiger partial charge in [0, 0.05) is 31.0 Å². The van der Waals surface area contributed by atoms with Gasteiger partial charge in [-0.05, 0) is 44.0 Å². The summed E-state index contributed by atoms with van der Waals surface area (Å²) in [4.78, 5) is 22.5. The van der Waals surface area contributed by atoms with Crippen LogP contribution in [0.25, 0.3) is 0 Å². The van der Waals surface area contributed by atoms with E-state index in [-0.39, 0.29) is 6.03 Å². The third-order valence-electron chi connectivity index (χ3n) is 4.02. The first-order valence-electron chi connectivity index (χ1n) is 7.98. The van der Waals surface area contributed by atoms with Gasteiger partial charge < -0.3 is 15.5 Å². The highest BCUT2D eigenvalue weighted by molar-refractivity contribution is 6.32. The van der Waals surface area contributed by atoms with E-state index < -0.39 is 0 Å². The van der Waals surface area contributed by atoms with Crippen molar-refractivity contribution >= 4 is 29.1 Å². The number of nitrogens with one attached hydrogen (secondary N) is 2. The molecule has 0 aromatic carbocycles. The zero-order chi connectivity index (χ0) is 16.9. The van der Waals surface area contributed by atoms with Crippen molar-refractivity contribution in [2.45, 2.75) is 25.8 Å². The molecule has 0 bridgehead atoms. The van der Waals surface area contributed by atoms with Gasteiger partial charge in [-0.2, -0.15) is 0 Å². The second kappa shape index (κ2) is 7.49. The molecule has 2 amide bonds. The first-order valence-corrected chi connectivity index (χ1v) is 8.36. The second-order valence-corrected chi connectivity index (χ2v) is 6.20. The Balaban J connectivity index is 1.51. The lowest BCUT2D eigenvalue weighted by molar-refractivity contribution is 0.197. The summed E-state index contributed by atoms with van der Waals surface area (Å²) in [5.41, 5.74) is 1.53. The fraction of sp³-hybridized carbons (Fsp3) is 0.353. The number of carbonyl (C=O) groups excluding carboxylic acids is 1. The molecule has 0 spiro atoms. The molecule has 1 fully saturated rings. The number of aryl methyl sites for hydroxylation is 1. The van der Waals surface area contributed by atoms with Gasteiger partial charge in [0.05, 0.1) is 5.69 Å². The van der Waals surface area contributed by atoms with E-state index in [1.54, 1.807) is 23.2 Å². The topological polar surface area (TPSA) is 70.2 Å². The Hall–Kier alpha value is -2.34. The SMILES string of the molecule is Cc1cccc(NC2CCN(C(=O)Nc3cccnc3Cl)CC2)n1. The highest BCUT2D eigenvalue weighted by Gasteiger charge is 2.23. The quantitative estimate of drug-likeness (QED) is 0.835. The van der Waals surface area contributed by atoms with Crippen LogP contribution in [0.1, 0.15) is 18.5 Å². The minimum atomic E-state index is -0.142. The van der Waals surface area contributed by atoms with Crippen LogP contribution >= 0.6 is 11.6 Å². The monoisotopic (exact) mass is 345 g/mol. The maximum Gasteiger partial charge on any atom is 0.321 e. The van der Waals surface area contributed by atoms with Crippen molar-refractivity contribution in [1.82, 2.24) is 14.9 Å². The zero-order valence-corrected chi connectivity index (χ0v) is 14.3. The van der Waals surface area contributed by atoms with Gasteiger partial charge in [-0.1, -0.05) is 17.7 Å². The molecule has 6 nitrogen and oxygen atoms in total. The first kappa shape index (κ1) is 16.5. The molecule has 0 aliphatic carbocycles. The number of urea groups is 1. The van der Waals surface area contributed by atoms with E-state index in [2.05, 4.69) is 20.6 Å². The van der Waals surface area contributed by atoms with Crippen LogP contribution in [0.2, 0.25) is 5.15 Å². The Morgan fingerprint density at radius 2 is 2.04 bits per heavy atom. The molecule has 0 unspecified atom stereocenters. The third-order valence-corrected chi connectivity index (χ3v) is 4.32. The van der Waals surface area contributed by atoms with Gasteiger partial charge in [0.15, 0.2) is 5.15 Å². The van der Waals surface area contributed by atoms with E-state index in [9.17, 15) is 4.79 Å². The van der Waals surface area contributed by atoms with E-state index in [0.29, 0.717) is 30.0 Å². The van der Waals surface area contributed by atoms with Gasteiger partial charge in [0.2, 0.25) is 0 Å². The molecule has 3 heterocycles. The smallest absolute Gasteiger partial charge is 0.321 e. The lowest BCUT2D eigenvalue weighted by Gasteiger charge is -2.32. The molecule has 2 aromatic rings. The summed E-state index contributed by atoms with van der Waals surface area (Å²) in [7, 11) is 0. The number of likely N-dealkylation sites (tertiary alicyclic amines) is 1. The second-order valence-electron chi connectivity index (χ2n) is 5.84. The van der Waals surface area contributed by atoms with Gasteiger partial charge in [0.1, 0.15) is 5.82 Å². The Morgan fingerprint density at radius 1 is 1.25 bits per heavy atom. The van der Waals surface area contributed by atoms with Crippen LogP contribution < -0.4 is 10.6 Å². The third kappa shape index (κ3) is 4.14. The molecule has 0 atom stereocenters. The molecular formula is C17H20ClN5O. The van der Waals surface area contributed by atoms with E-state index in [0.717, 1.165) is 24.4 Å². The summed E-state index contributed by atoms with van der Waals surface area (Å²) in [6, 6.07) is 9.60. The van der Waals surface area contributed by atoms with Crippen LogP contribution in [0, 0.1) is 6.92 Å². The maximum absolute atomic E-state index is 12.3. The molecule has 0 radical (unpaired) electrons. The predicted molar refractivity (Wildman–Crippen MR) is 95.5 cm³/mol. The maximum atomic E-state index is 12.3. The highest BCUT2D eigenvalue weighted by atomic mass is 35.5. The van der Waals surface area contributed by atoms with Crippen molar-refractivity contribution in [2.24, 2.45) is 0 Å². The fourth-order valence-corrected chi connectivity index (χ4v) is 2.90. The largest absolute Gasteiger partial charge is 0.367 e. The highest BCUT2D eigenvalue weighted by Crippen LogP contribution is 2.20. The van der Waals surface area contributed by atoms with Crippen molar-refractivity contribution < 1.29 is 4.79 Å². The van der Waals surface area contributed by atoms with Crippen molar-refractivity contribution in [3.63, 3.8) is 0 Å². The number of anilines is 2. The Kier molecular flexibility index (Phi) is 5.15. The molecule has 2 N–H and O–H groups in total. The summed E-state index contributed by atoms with van der Waals surface area (Å²) >= 11 is 5.97. The first-order chi connectivity index (χ1) is 11.6. The van der Waals surface area contributed by atoms with Gasteiger partial charge in [0.25, 0.3) is 0 Å². The summed E-state index contributed by atoms with van der Waals surface area (Å²) in [5, 5.41) is 6.55. The van der Waals surface area contributed by atoms with E-state index in [4.69, 9.17) is 11.6 Å². The number of rotatable bonds is 3. The van der Waals surface area contributed by atoms with Gasteiger partial charge in [-0.15, -0.1) is 0 Å². The molecule has 1 aliphatic heterocycles. The number of nitrogens with zero attached hydrogens (tertiary/aromatic N) is 3. The summed E-state index contributed by atoms with van der Waals surface area (Å²) in [6.07, 6.45) is 3.35. The molecule has 1 saturated heterocycles. The van der Waals surface area contributed by atoms with E-state index >= 15 is 0 Å². The van der Waals surface area contributed by atoms with Gasteiger partial charge in [-0.25, -0.2) is 14.8 Å². The molecule has 126 valence electrons. The number of piperidine rings is 1. The standard InChI is InChI=1S/C17H20ClN5O/c1-12-4-2-6-15(20-12)21-13-7-10-23(11-8-13)17(24)22-14-5-3-9-19-16(14)18/h2-6,9,13H,7-8,10-11H2,1H3,(H,20,21)(H,22,24). The number of pyridine rings is 2. The normalized spacial score (nSPS) is 15.2. The molecule has 2 aromatic heterocycles. The summed E-state index contributed by atoms with van der Waals surface area (Å²) < 4.78 is 0. The van der Waals surface area contributed by atoms with E-state index in [1.807, 2.05) is 25.1 Å². The average molecular weight is 346 g/mol. The number of carbonyl (C=O) groups is 1. The van der Waals surface area contributed by atoms with E-state index in [1.165, 1.54) is 0 Å². The van der Waals surface area contributed by atoms with Crippen LogP contribution in [-0.4, -0.2) is 40.0 Å². The van der Waals surface area contributed by atoms with Crippen LogP contribution in [0.3, 0.4) is 0 Å². The van der Waals surface area contributed by atoms with Crippen molar-refractivity contribution in [2.75, 3.05) is 23.7 Å². The molecule has 7 heteroatoms.